The van der Waals surface area contributed by atoms with Crippen LogP contribution in [-0.4, -0.2) is 60.1 Å². The molecule has 0 saturated heterocycles. The van der Waals surface area contributed by atoms with Gasteiger partial charge in [0, 0.05) is 18.9 Å². The van der Waals surface area contributed by atoms with E-state index < -0.39 is 6.10 Å². The summed E-state index contributed by atoms with van der Waals surface area (Å²) in [5.41, 5.74) is 0. The zero-order valence-corrected chi connectivity index (χ0v) is 9.92. The van der Waals surface area contributed by atoms with E-state index >= 15 is 0 Å². The molecule has 0 aliphatic carbocycles. The second kappa shape index (κ2) is 8.96. The van der Waals surface area contributed by atoms with Crippen LogP contribution in [0.1, 0.15) is 6.92 Å². The number of aliphatic hydroxyl groups excluding tert-OH is 2. The molecule has 0 rings (SSSR count). The van der Waals surface area contributed by atoms with Gasteiger partial charge in [0.1, 0.15) is 0 Å². The third-order valence-electron chi connectivity index (χ3n) is 1.58. The molecular weight excluding hydrogens is 218 g/mol. The first-order valence-electron chi connectivity index (χ1n) is 4.75. The van der Waals surface area contributed by atoms with Crippen LogP contribution >= 0.6 is 11.8 Å². The summed E-state index contributed by atoms with van der Waals surface area (Å²) >= 11 is 1.29. The minimum Gasteiger partial charge on any atom is -0.394 e. The van der Waals surface area contributed by atoms with Crippen molar-refractivity contribution in [2.24, 2.45) is 0 Å². The number of carbonyl (C=O) groups excluding carboxylic acids is 1. The van der Waals surface area contributed by atoms with Gasteiger partial charge in [-0.2, -0.15) is 0 Å². The zero-order valence-electron chi connectivity index (χ0n) is 9.10. The molecule has 2 atom stereocenters. The van der Waals surface area contributed by atoms with Gasteiger partial charge in [-0.1, -0.05) is 0 Å². The van der Waals surface area contributed by atoms with Gasteiger partial charge in [-0.3, -0.25) is 4.79 Å². The van der Waals surface area contributed by atoms with Gasteiger partial charge in [-0.25, -0.2) is 0 Å². The third-order valence-corrected chi connectivity index (χ3v) is 2.66. The van der Waals surface area contributed by atoms with Gasteiger partial charge in [-0.15, -0.1) is 11.8 Å². The Kier molecular flexibility index (Phi) is 8.79. The largest absolute Gasteiger partial charge is 0.394 e. The average Bonchev–Trinajstić information content (AvgIpc) is 2.17. The second-order valence-electron chi connectivity index (χ2n) is 3.28. The average molecular weight is 237 g/mol. The van der Waals surface area contributed by atoms with Crippen LogP contribution < -0.4 is 5.32 Å². The van der Waals surface area contributed by atoms with Gasteiger partial charge in [0.2, 0.25) is 5.91 Å². The van der Waals surface area contributed by atoms with E-state index in [1.165, 1.54) is 11.8 Å². The minimum atomic E-state index is -0.751. The third kappa shape index (κ3) is 8.68. The quantitative estimate of drug-likeness (QED) is 0.516. The normalized spacial score (nSPS) is 14.7. The molecule has 0 aromatic carbocycles. The first-order valence-corrected chi connectivity index (χ1v) is 5.90. The molecule has 1 amide bonds. The van der Waals surface area contributed by atoms with Crippen molar-refractivity contribution in [2.75, 3.05) is 31.8 Å². The topological polar surface area (TPSA) is 78.8 Å². The second-order valence-corrected chi connectivity index (χ2v) is 4.31. The summed E-state index contributed by atoms with van der Waals surface area (Å²) in [6, 6.07) is -0.00846. The lowest BCUT2D eigenvalue weighted by atomic mass is 10.3. The molecule has 0 saturated carbocycles. The smallest absolute Gasteiger partial charge is 0.230 e. The SMILES string of the molecule is COCC(C)NC(=O)CSCC(O)CO. The molecule has 0 heterocycles. The van der Waals surface area contributed by atoms with Crippen molar-refractivity contribution in [2.45, 2.75) is 19.1 Å². The van der Waals surface area contributed by atoms with Crippen LogP contribution in [0.25, 0.3) is 0 Å². The van der Waals surface area contributed by atoms with Crippen molar-refractivity contribution in [3.8, 4) is 0 Å². The summed E-state index contributed by atoms with van der Waals surface area (Å²) in [6.45, 7) is 2.07. The maximum Gasteiger partial charge on any atom is 0.230 e. The predicted molar refractivity (Wildman–Crippen MR) is 59.9 cm³/mol. The van der Waals surface area contributed by atoms with Crippen LogP contribution in [0.3, 0.4) is 0 Å². The lowest BCUT2D eigenvalue weighted by Gasteiger charge is -2.12. The van der Waals surface area contributed by atoms with Crippen LogP contribution in [0.2, 0.25) is 0 Å². The van der Waals surface area contributed by atoms with E-state index in [9.17, 15) is 4.79 Å². The van der Waals surface area contributed by atoms with Crippen molar-refractivity contribution >= 4 is 17.7 Å². The number of carbonyl (C=O) groups is 1. The number of amides is 1. The highest BCUT2D eigenvalue weighted by molar-refractivity contribution is 7.99. The molecule has 0 aliphatic heterocycles. The fraction of sp³-hybridized carbons (Fsp3) is 0.889. The molecular formula is C9H19NO4S. The zero-order chi connectivity index (χ0) is 11.7. The van der Waals surface area contributed by atoms with E-state index in [2.05, 4.69) is 5.32 Å². The monoisotopic (exact) mass is 237 g/mol. The van der Waals surface area contributed by atoms with Crippen LogP contribution in [0.4, 0.5) is 0 Å². The van der Waals surface area contributed by atoms with Crippen LogP contribution in [-0.2, 0) is 9.53 Å². The standard InChI is InChI=1S/C9H19NO4S/c1-7(4-14-2)10-9(13)6-15-5-8(12)3-11/h7-8,11-12H,3-6H2,1-2H3,(H,10,13). The van der Waals surface area contributed by atoms with Crippen LogP contribution in [0.15, 0.2) is 0 Å². The Morgan fingerprint density at radius 2 is 2.27 bits per heavy atom. The Labute approximate surface area is 94.2 Å². The molecule has 5 nitrogen and oxygen atoms in total. The summed E-state index contributed by atoms with van der Waals surface area (Å²) < 4.78 is 4.87. The lowest BCUT2D eigenvalue weighted by molar-refractivity contribution is -0.119. The number of hydrogen-bond donors (Lipinski definition) is 3. The van der Waals surface area contributed by atoms with Crippen molar-refractivity contribution in [3.05, 3.63) is 0 Å². The summed E-state index contributed by atoms with van der Waals surface area (Å²) in [4.78, 5) is 11.3. The molecule has 90 valence electrons. The van der Waals surface area contributed by atoms with Crippen LogP contribution in [0, 0.1) is 0 Å². The molecule has 6 heteroatoms. The molecule has 0 bridgehead atoms. The van der Waals surface area contributed by atoms with Crippen LogP contribution in [0.5, 0.6) is 0 Å². The predicted octanol–water partition coefficient (Wildman–Crippen LogP) is -0.776. The summed E-state index contributed by atoms with van der Waals surface area (Å²) in [7, 11) is 1.58. The lowest BCUT2D eigenvalue weighted by Crippen LogP contribution is -2.36. The Morgan fingerprint density at radius 3 is 2.80 bits per heavy atom. The molecule has 0 aromatic heterocycles. The molecule has 0 aromatic rings. The molecule has 0 radical (unpaired) electrons. The first kappa shape index (κ1) is 14.7. The molecule has 15 heavy (non-hydrogen) atoms. The molecule has 3 N–H and O–H groups in total. The van der Waals surface area contributed by atoms with Gasteiger partial charge in [0.25, 0.3) is 0 Å². The Bertz CT molecular complexity index is 179. The van der Waals surface area contributed by atoms with Crippen molar-refractivity contribution in [1.82, 2.24) is 5.32 Å². The number of rotatable bonds is 8. The number of ether oxygens (including phenoxy) is 1. The number of hydrogen-bond acceptors (Lipinski definition) is 5. The van der Waals surface area contributed by atoms with Crippen molar-refractivity contribution in [1.29, 1.82) is 0 Å². The fourth-order valence-electron chi connectivity index (χ4n) is 0.949. The van der Waals surface area contributed by atoms with Gasteiger partial charge in [-0.05, 0) is 6.92 Å². The highest BCUT2D eigenvalue weighted by Gasteiger charge is 2.08. The molecule has 0 spiro atoms. The minimum absolute atomic E-state index is 0.00846. The Hall–Kier alpha value is -0.300. The van der Waals surface area contributed by atoms with Gasteiger partial charge >= 0.3 is 0 Å². The maximum absolute atomic E-state index is 11.3. The van der Waals surface area contributed by atoms with E-state index in [1.807, 2.05) is 6.92 Å². The van der Waals surface area contributed by atoms with E-state index in [0.29, 0.717) is 12.4 Å². The highest BCUT2D eigenvalue weighted by atomic mass is 32.2. The Morgan fingerprint density at radius 1 is 1.60 bits per heavy atom. The van der Waals surface area contributed by atoms with E-state index in [0.717, 1.165) is 0 Å². The maximum atomic E-state index is 11.3. The summed E-state index contributed by atoms with van der Waals surface area (Å²) in [6.07, 6.45) is -0.751. The van der Waals surface area contributed by atoms with Crippen molar-refractivity contribution < 1.29 is 19.7 Å². The highest BCUT2D eigenvalue weighted by Crippen LogP contribution is 2.02. The molecule has 0 fully saturated rings. The molecule has 0 aliphatic rings. The van der Waals surface area contributed by atoms with Gasteiger partial charge in [0.15, 0.2) is 0 Å². The first-order chi connectivity index (χ1) is 7.10. The number of aliphatic hydroxyl groups is 2. The number of nitrogens with one attached hydrogen (secondary N) is 1. The van der Waals surface area contributed by atoms with E-state index in [1.54, 1.807) is 7.11 Å². The summed E-state index contributed by atoms with van der Waals surface area (Å²) in [5, 5.41) is 20.3. The van der Waals surface area contributed by atoms with E-state index in [4.69, 9.17) is 14.9 Å². The van der Waals surface area contributed by atoms with E-state index in [-0.39, 0.29) is 24.3 Å². The number of methoxy groups -OCH3 is 1. The number of thioether (sulfide) groups is 1. The summed E-state index contributed by atoms with van der Waals surface area (Å²) in [5.74, 6) is 0.558. The molecule has 2 unspecified atom stereocenters. The van der Waals surface area contributed by atoms with Crippen molar-refractivity contribution in [3.63, 3.8) is 0 Å². The van der Waals surface area contributed by atoms with Gasteiger partial charge < -0.3 is 20.3 Å². The fourth-order valence-corrected chi connectivity index (χ4v) is 1.71. The Balaban J connectivity index is 3.48. The van der Waals surface area contributed by atoms with Gasteiger partial charge in [0.05, 0.1) is 25.1 Å².